The second kappa shape index (κ2) is 11.9. The molecule has 35 heavy (non-hydrogen) atoms. The molecule has 190 valence electrons. The highest BCUT2D eigenvalue weighted by Gasteiger charge is 2.19. The van der Waals surface area contributed by atoms with E-state index in [1.54, 1.807) is 7.11 Å². The number of hydrogen-bond acceptors (Lipinski definition) is 10. The third-order valence-corrected chi connectivity index (χ3v) is 6.76. The number of nitrogens with zero attached hydrogens (tertiary/aromatic N) is 5. The van der Waals surface area contributed by atoms with Gasteiger partial charge in [-0.15, -0.1) is 10.2 Å². The summed E-state index contributed by atoms with van der Waals surface area (Å²) in [6, 6.07) is 5.88. The molecule has 12 heteroatoms. The van der Waals surface area contributed by atoms with Gasteiger partial charge in [0.15, 0.2) is 5.82 Å². The van der Waals surface area contributed by atoms with Crippen LogP contribution in [0.2, 0.25) is 0 Å². The molecule has 0 unspecified atom stereocenters. The summed E-state index contributed by atoms with van der Waals surface area (Å²) in [5.41, 5.74) is 9.59. The van der Waals surface area contributed by atoms with Crippen molar-refractivity contribution in [1.82, 2.24) is 30.6 Å². The van der Waals surface area contributed by atoms with E-state index in [4.69, 9.17) is 10.5 Å². The van der Waals surface area contributed by atoms with E-state index in [0.29, 0.717) is 30.9 Å². The molecule has 0 aliphatic carbocycles. The summed E-state index contributed by atoms with van der Waals surface area (Å²) in [4.78, 5) is 8.88. The zero-order valence-corrected chi connectivity index (χ0v) is 21.5. The van der Waals surface area contributed by atoms with Crippen LogP contribution in [0, 0.1) is 6.92 Å². The Morgan fingerprint density at radius 2 is 2.00 bits per heavy atom. The maximum Gasteiger partial charge on any atom is 0.222 e. The number of nitrogen functional groups attached to an aromatic ring is 1. The maximum atomic E-state index is 11.8. The topological polar surface area (TPSA) is 162 Å². The molecule has 0 fully saturated rings. The molecule has 2 aromatic heterocycles. The molecular formula is C23H34N8O3S. The number of H-pyrrole nitrogens is 1. The Bertz CT molecular complexity index is 1220. The standard InChI is InChI=1S/C23H34N8O3S/c1-5-6-7-18(10-11-35(4,32)33)26-22-19(15(2)25-23(24)27-22)14-17-12-16(8-9-20(17)34-3)13-21-28-30-31-29-21/h8-9,12,18H,5-7,10-11,13-14H2,1-4H3,(H3,24,25,26,27)(H,28,29,30,31)/t18-/m0/s1. The lowest BCUT2D eigenvalue weighted by Gasteiger charge is -2.22. The van der Waals surface area contributed by atoms with Crippen molar-refractivity contribution >= 4 is 21.6 Å². The zero-order valence-electron chi connectivity index (χ0n) is 20.7. The van der Waals surface area contributed by atoms with Crippen molar-refractivity contribution in [2.24, 2.45) is 0 Å². The van der Waals surface area contributed by atoms with Crippen molar-refractivity contribution in [3.63, 3.8) is 0 Å². The summed E-state index contributed by atoms with van der Waals surface area (Å²) >= 11 is 0. The highest BCUT2D eigenvalue weighted by Crippen LogP contribution is 2.29. The molecular weight excluding hydrogens is 468 g/mol. The molecule has 3 aromatic rings. The number of methoxy groups -OCH3 is 1. The van der Waals surface area contributed by atoms with Crippen LogP contribution >= 0.6 is 0 Å². The highest BCUT2D eigenvalue weighted by atomic mass is 32.2. The number of aryl methyl sites for hydroxylation is 1. The number of rotatable bonds is 13. The van der Waals surface area contributed by atoms with E-state index in [-0.39, 0.29) is 17.7 Å². The van der Waals surface area contributed by atoms with Crippen LogP contribution in [-0.4, -0.2) is 64.2 Å². The number of nitrogens with one attached hydrogen (secondary N) is 2. The van der Waals surface area contributed by atoms with E-state index in [9.17, 15) is 8.42 Å². The van der Waals surface area contributed by atoms with Gasteiger partial charge in [0.05, 0.1) is 12.9 Å². The van der Waals surface area contributed by atoms with Gasteiger partial charge in [-0.1, -0.05) is 37.1 Å². The molecule has 0 spiro atoms. The number of tetrazole rings is 1. The molecule has 11 nitrogen and oxygen atoms in total. The van der Waals surface area contributed by atoms with E-state index >= 15 is 0 Å². The Morgan fingerprint density at radius 1 is 1.20 bits per heavy atom. The number of nitrogens with two attached hydrogens (primary N) is 1. The van der Waals surface area contributed by atoms with Gasteiger partial charge in [0.1, 0.15) is 21.4 Å². The van der Waals surface area contributed by atoms with Crippen LogP contribution in [-0.2, 0) is 22.7 Å². The van der Waals surface area contributed by atoms with Gasteiger partial charge in [-0.3, -0.25) is 0 Å². The Balaban J connectivity index is 1.92. The van der Waals surface area contributed by atoms with Gasteiger partial charge >= 0.3 is 0 Å². The number of hydrogen-bond donors (Lipinski definition) is 3. The van der Waals surface area contributed by atoms with Crippen molar-refractivity contribution in [3.8, 4) is 5.75 Å². The summed E-state index contributed by atoms with van der Waals surface area (Å²) < 4.78 is 29.2. The quantitative estimate of drug-likeness (QED) is 0.316. The van der Waals surface area contributed by atoms with Crippen LogP contribution in [0.5, 0.6) is 5.75 Å². The molecule has 1 aromatic carbocycles. The second-order valence-corrected chi connectivity index (χ2v) is 11.0. The van der Waals surface area contributed by atoms with Crippen LogP contribution in [0.15, 0.2) is 18.2 Å². The first-order chi connectivity index (χ1) is 16.7. The summed E-state index contributed by atoms with van der Waals surface area (Å²) in [6.07, 6.45) is 5.60. The molecule has 0 aliphatic rings. The van der Waals surface area contributed by atoms with E-state index in [0.717, 1.165) is 47.4 Å². The van der Waals surface area contributed by atoms with E-state index in [1.807, 2.05) is 25.1 Å². The second-order valence-electron chi connectivity index (χ2n) is 8.72. The van der Waals surface area contributed by atoms with Gasteiger partial charge in [0, 0.05) is 36.4 Å². The van der Waals surface area contributed by atoms with Gasteiger partial charge in [-0.25, -0.2) is 13.4 Å². The third kappa shape index (κ3) is 7.88. The minimum Gasteiger partial charge on any atom is -0.496 e. The Hall–Kier alpha value is -3.28. The molecule has 4 N–H and O–H groups in total. The smallest absolute Gasteiger partial charge is 0.222 e. The summed E-state index contributed by atoms with van der Waals surface area (Å²) in [6.45, 7) is 4.01. The zero-order chi connectivity index (χ0) is 25.4. The Labute approximate surface area is 206 Å². The van der Waals surface area contributed by atoms with Crippen LogP contribution in [0.4, 0.5) is 11.8 Å². The largest absolute Gasteiger partial charge is 0.496 e. The van der Waals surface area contributed by atoms with Crippen LogP contribution < -0.4 is 15.8 Å². The summed E-state index contributed by atoms with van der Waals surface area (Å²) in [5.74, 6) is 2.23. The molecule has 0 bridgehead atoms. The van der Waals surface area contributed by atoms with Gasteiger partial charge < -0.3 is 15.8 Å². The van der Waals surface area contributed by atoms with Gasteiger partial charge in [-0.2, -0.15) is 10.2 Å². The number of aromatic nitrogens is 6. The van der Waals surface area contributed by atoms with Crippen molar-refractivity contribution in [2.45, 2.75) is 58.4 Å². The first kappa shape index (κ1) is 26.3. The predicted molar refractivity (Wildman–Crippen MR) is 135 cm³/mol. The van der Waals surface area contributed by atoms with Crippen molar-refractivity contribution in [2.75, 3.05) is 30.2 Å². The molecule has 0 saturated carbocycles. The van der Waals surface area contributed by atoms with Crippen molar-refractivity contribution in [1.29, 1.82) is 0 Å². The van der Waals surface area contributed by atoms with Gasteiger partial charge in [-0.05, 0) is 37.0 Å². The fourth-order valence-electron chi connectivity index (χ4n) is 3.95. The minimum atomic E-state index is -3.08. The highest BCUT2D eigenvalue weighted by molar-refractivity contribution is 7.90. The average Bonchev–Trinajstić information content (AvgIpc) is 3.30. The molecule has 1 atom stereocenters. The number of anilines is 2. The SMILES string of the molecule is CCCC[C@@H](CCS(C)(=O)=O)Nc1nc(N)nc(C)c1Cc1cc(Cc2nn[nH]n2)ccc1OC. The first-order valence-electron chi connectivity index (χ1n) is 11.6. The lowest BCUT2D eigenvalue weighted by atomic mass is 9.99. The number of ether oxygens (including phenoxy) is 1. The maximum absolute atomic E-state index is 11.8. The van der Waals surface area contributed by atoms with Crippen LogP contribution in [0.3, 0.4) is 0 Å². The lowest BCUT2D eigenvalue weighted by molar-refractivity contribution is 0.410. The third-order valence-electron chi connectivity index (χ3n) is 5.78. The number of sulfone groups is 1. The molecule has 0 aliphatic heterocycles. The van der Waals surface area contributed by atoms with Crippen LogP contribution in [0.25, 0.3) is 0 Å². The Kier molecular flexibility index (Phi) is 8.96. The number of aromatic amines is 1. The monoisotopic (exact) mass is 502 g/mol. The average molecular weight is 503 g/mol. The summed E-state index contributed by atoms with van der Waals surface area (Å²) in [7, 11) is -1.44. The fraction of sp³-hybridized carbons (Fsp3) is 0.522. The molecule has 0 saturated heterocycles. The molecule has 3 rings (SSSR count). The Morgan fingerprint density at radius 3 is 2.66 bits per heavy atom. The molecule has 2 heterocycles. The molecule has 0 radical (unpaired) electrons. The van der Waals surface area contributed by atoms with Gasteiger partial charge in [0.25, 0.3) is 0 Å². The van der Waals surface area contributed by atoms with Crippen LogP contribution in [0.1, 0.15) is 60.8 Å². The van der Waals surface area contributed by atoms with Gasteiger partial charge in [0.2, 0.25) is 5.95 Å². The first-order valence-corrected chi connectivity index (χ1v) is 13.7. The lowest BCUT2D eigenvalue weighted by Crippen LogP contribution is -2.25. The number of unbranched alkanes of at least 4 members (excludes halogenated alkanes) is 1. The van der Waals surface area contributed by atoms with E-state index < -0.39 is 9.84 Å². The molecule has 0 amide bonds. The predicted octanol–water partition coefficient (Wildman–Crippen LogP) is 2.48. The normalized spacial score (nSPS) is 12.5. The summed E-state index contributed by atoms with van der Waals surface area (Å²) in [5, 5.41) is 17.6. The van der Waals surface area contributed by atoms with E-state index in [2.05, 4.69) is 42.8 Å². The van der Waals surface area contributed by atoms with Crippen molar-refractivity contribution < 1.29 is 13.2 Å². The van der Waals surface area contributed by atoms with E-state index in [1.165, 1.54) is 6.26 Å². The minimum absolute atomic E-state index is 0.0522. The fourth-order valence-corrected chi connectivity index (χ4v) is 4.66. The van der Waals surface area contributed by atoms with Crippen molar-refractivity contribution in [3.05, 3.63) is 46.4 Å². The number of benzene rings is 1.